The van der Waals surface area contributed by atoms with Crippen molar-refractivity contribution >= 4 is 29.0 Å². The Morgan fingerprint density at radius 2 is 1.43 bits per heavy atom. The van der Waals surface area contributed by atoms with Crippen LogP contribution in [-0.2, 0) is 5.75 Å². The first-order chi connectivity index (χ1) is 14.8. The van der Waals surface area contributed by atoms with E-state index in [1.165, 1.54) is 11.8 Å². The largest absolute Gasteiger partial charge is 0.305 e. The molecule has 0 atom stereocenters. The summed E-state index contributed by atoms with van der Waals surface area (Å²) in [6.45, 7) is 0. The van der Waals surface area contributed by atoms with Gasteiger partial charge in [0.1, 0.15) is 17.0 Å². The summed E-state index contributed by atoms with van der Waals surface area (Å²) in [5.74, 6) is 0.639. The Labute approximate surface area is 182 Å². The van der Waals surface area contributed by atoms with Gasteiger partial charge in [-0.25, -0.2) is 9.97 Å². The maximum Gasteiger partial charge on any atom is 0.210 e. The molecule has 30 heavy (non-hydrogen) atoms. The van der Waals surface area contributed by atoms with Crippen molar-refractivity contribution in [3.05, 3.63) is 95.9 Å². The normalized spacial score (nSPS) is 11.1. The smallest absolute Gasteiger partial charge is 0.210 e. The Kier molecular flexibility index (Phi) is 5.17. The van der Waals surface area contributed by atoms with Gasteiger partial charge in [0, 0.05) is 29.3 Å². The van der Waals surface area contributed by atoms with Crippen molar-refractivity contribution in [2.24, 2.45) is 0 Å². The summed E-state index contributed by atoms with van der Waals surface area (Å²) in [6.07, 6.45) is 3.82. The lowest BCUT2D eigenvalue weighted by Crippen LogP contribution is -1.99. The van der Waals surface area contributed by atoms with E-state index in [9.17, 15) is 0 Å². The zero-order valence-corrected chi connectivity index (χ0v) is 17.4. The van der Waals surface area contributed by atoms with Crippen LogP contribution in [0.25, 0.3) is 28.2 Å². The number of hydrogen-bond acceptors (Lipinski definition) is 5. The molecule has 0 amide bonds. The third kappa shape index (κ3) is 3.92. The summed E-state index contributed by atoms with van der Waals surface area (Å²) in [6, 6.07) is 23.8. The summed E-state index contributed by atoms with van der Waals surface area (Å²) >= 11 is 7.57. The molecule has 0 aliphatic rings. The number of benzene rings is 2. The Morgan fingerprint density at radius 3 is 2.17 bits per heavy atom. The monoisotopic (exact) mass is 429 g/mol. The molecule has 0 spiro atoms. The van der Waals surface area contributed by atoms with Crippen molar-refractivity contribution in [1.29, 1.82) is 0 Å². The topological polar surface area (TPSA) is 56.0 Å². The van der Waals surface area contributed by atoms with E-state index < -0.39 is 0 Å². The minimum absolute atomic E-state index is 0.614. The molecule has 3 aromatic heterocycles. The van der Waals surface area contributed by atoms with Crippen molar-refractivity contribution in [2.45, 2.75) is 10.9 Å². The molecule has 0 saturated carbocycles. The number of pyridine rings is 1. The molecular formula is C23H16ClN5S. The van der Waals surface area contributed by atoms with Gasteiger partial charge in [0.05, 0.1) is 10.7 Å². The Morgan fingerprint density at radius 1 is 0.733 bits per heavy atom. The van der Waals surface area contributed by atoms with Crippen LogP contribution in [0.3, 0.4) is 0 Å². The first-order valence-electron chi connectivity index (χ1n) is 9.38. The van der Waals surface area contributed by atoms with Gasteiger partial charge < -0.3 is 4.40 Å². The lowest BCUT2D eigenvalue weighted by Gasteiger charge is -2.09. The van der Waals surface area contributed by atoms with Gasteiger partial charge >= 0.3 is 0 Å². The number of nitrogens with zero attached hydrogens (tertiary/aromatic N) is 5. The van der Waals surface area contributed by atoms with Crippen molar-refractivity contribution in [1.82, 2.24) is 24.6 Å². The van der Waals surface area contributed by atoms with E-state index in [0.717, 1.165) is 33.9 Å². The fraction of sp³-hybridized carbons (Fsp3) is 0.0435. The summed E-state index contributed by atoms with van der Waals surface area (Å²) in [5.41, 5.74) is 5.38. The quantitative estimate of drug-likeness (QED) is 0.330. The second-order valence-corrected chi connectivity index (χ2v) is 8.04. The van der Waals surface area contributed by atoms with Crippen molar-refractivity contribution in [2.75, 3.05) is 0 Å². The highest BCUT2D eigenvalue weighted by molar-refractivity contribution is 7.98. The van der Waals surface area contributed by atoms with Gasteiger partial charge in [-0.3, -0.25) is 0 Å². The van der Waals surface area contributed by atoms with E-state index in [1.54, 1.807) is 0 Å². The van der Waals surface area contributed by atoms with Gasteiger partial charge in [-0.05, 0) is 12.1 Å². The molecular weight excluding hydrogens is 414 g/mol. The molecule has 0 radical (unpaired) electrons. The van der Waals surface area contributed by atoms with Crippen molar-refractivity contribution < 1.29 is 0 Å². The predicted molar refractivity (Wildman–Crippen MR) is 120 cm³/mol. The average Bonchev–Trinajstić information content (AvgIpc) is 3.21. The fourth-order valence-corrected chi connectivity index (χ4v) is 4.02. The van der Waals surface area contributed by atoms with Gasteiger partial charge in [-0.1, -0.05) is 84.0 Å². The summed E-state index contributed by atoms with van der Waals surface area (Å²) in [5, 5.41) is 10.2. The van der Waals surface area contributed by atoms with Crippen LogP contribution < -0.4 is 0 Å². The summed E-state index contributed by atoms with van der Waals surface area (Å²) in [7, 11) is 0. The Balaban J connectivity index is 1.46. The third-order valence-corrected chi connectivity index (χ3v) is 5.67. The van der Waals surface area contributed by atoms with Gasteiger partial charge in [0.15, 0.2) is 0 Å². The molecule has 5 nitrogen and oxygen atoms in total. The zero-order valence-electron chi connectivity index (χ0n) is 15.8. The molecule has 2 aromatic carbocycles. The highest BCUT2D eigenvalue weighted by atomic mass is 35.5. The molecule has 5 aromatic rings. The van der Waals surface area contributed by atoms with E-state index in [2.05, 4.69) is 15.2 Å². The van der Waals surface area contributed by atoms with Crippen molar-refractivity contribution in [3.8, 4) is 22.5 Å². The van der Waals surface area contributed by atoms with Gasteiger partial charge in [0.2, 0.25) is 5.16 Å². The van der Waals surface area contributed by atoms with E-state index in [-0.39, 0.29) is 0 Å². The lowest BCUT2D eigenvalue weighted by atomic mass is 10.0. The number of halogens is 1. The van der Waals surface area contributed by atoms with Crippen LogP contribution in [0.1, 0.15) is 5.69 Å². The maximum absolute atomic E-state index is 6.06. The number of fused-ring (bicyclic) bond motifs is 1. The highest BCUT2D eigenvalue weighted by Gasteiger charge is 2.14. The third-order valence-electron chi connectivity index (χ3n) is 4.58. The second-order valence-electron chi connectivity index (χ2n) is 6.66. The first kappa shape index (κ1) is 18.8. The van der Waals surface area contributed by atoms with Crippen LogP contribution in [0.5, 0.6) is 0 Å². The summed E-state index contributed by atoms with van der Waals surface area (Å²) < 4.78 is 1.92. The molecule has 0 aliphatic heterocycles. The summed E-state index contributed by atoms with van der Waals surface area (Å²) in [4.78, 5) is 9.46. The molecule has 0 bridgehead atoms. The van der Waals surface area contributed by atoms with Crippen LogP contribution in [-0.4, -0.2) is 24.6 Å². The number of aromatic nitrogens is 5. The van der Waals surface area contributed by atoms with Crippen LogP contribution in [0, 0.1) is 0 Å². The number of hydrogen-bond donors (Lipinski definition) is 0. The first-order valence-corrected chi connectivity index (χ1v) is 10.7. The lowest BCUT2D eigenvalue weighted by molar-refractivity contribution is 0.849. The molecule has 146 valence electrons. The van der Waals surface area contributed by atoms with Crippen molar-refractivity contribution in [3.63, 3.8) is 0 Å². The van der Waals surface area contributed by atoms with Crippen LogP contribution >= 0.6 is 23.4 Å². The van der Waals surface area contributed by atoms with E-state index in [1.807, 2.05) is 89.6 Å². The number of thioether (sulfide) groups is 1. The van der Waals surface area contributed by atoms with E-state index in [0.29, 0.717) is 15.9 Å². The molecule has 7 heteroatoms. The standard InChI is InChI=1S/C23H16ClN5S/c24-18-11-12-20-25-19(14-29(20)13-18)15-30-23-26-21(16-7-3-1-4-8-16)22(27-28-23)17-9-5-2-6-10-17/h1-14H,15H2. The van der Waals surface area contributed by atoms with Crippen LogP contribution in [0.4, 0.5) is 0 Å². The van der Waals surface area contributed by atoms with E-state index in [4.69, 9.17) is 16.6 Å². The Bertz CT molecular complexity index is 1310. The molecule has 0 unspecified atom stereocenters. The van der Waals surface area contributed by atoms with Gasteiger partial charge in [-0.2, -0.15) is 0 Å². The maximum atomic E-state index is 6.06. The van der Waals surface area contributed by atoms with E-state index >= 15 is 0 Å². The average molecular weight is 430 g/mol. The molecule has 0 fully saturated rings. The minimum atomic E-state index is 0.614. The predicted octanol–water partition coefficient (Wildman–Crippen LogP) is 5.80. The fourth-order valence-electron chi connectivity index (χ4n) is 3.19. The molecule has 0 aliphatic carbocycles. The molecule has 0 N–H and O–H groups in total. The molecule has 3 heterocycles. The molecule has 5 rings (SSSR count). The zero-order chi connectivity index (χ0) is 20.3. The number of rotatable bonds is 5. The van der Waals surface area contributed by atoms with Gasteiger partial charge in [0.25, 0.3) is 0 Å². The van der Waals surface area contributed by atoms with Crippen LogP contribution in [0.2, 0.25) is 5.02 Å². The minimum Gasteiger partial charge on any atom is -0.305 e. The van der Waals surface area contributed by atoms with Gasteiger partial charge in [-0.15, -0.1) is 10.2 Å². The Hall–Kier alpha value is -3.22. The second kappa shape index (κ2) is 8.26. The molecule has 0 saturated heterocycles. The highest BCUT2D eigenvalue weighted by Crippen LogP contribution is 2.30. The van der Waals surface area contributed by atoms with Crippen LogP contribution in [0.15, 0.2) is 90.3 Å². The number of imidazole rings is 1. The SMILES string of the molecule is Clc1ccc2nc(CSc3nnc(-c4ccccc4)c(-c4ccccc4)n3)cn2c1.